The van der Waals surface area contributed by atoms with Gasteiger partial charge < -0.3 is 19.9 Å². The molecule has 0 bridgehead atoms. The molecule has 1 heterocycles. The molecule has 0 amide bonds. The number of ether oxygens (including phenoxy) is 1. The van der Waals surface area contributed by atoms with Crippen LogP contribution in [-0.4, -0.2) is 27.3 Å². The molecule has 0 fully saturated rings. The number of carbonyl (C=O) groups is 1. The highest BCUT2D eigenvalue weighted by atomic mass is 35.5. The van der Waals surface area contributed by atoms with E-state index in [0.717, 1.165) is 43.5 Å². The maximum Gasteiger partial charge on any atom is 0.422 e. The molecule has 3 aromatic rings. The van der Waals surface area contributed by atoms with Gasteiger partial charge >= 0.3 is 18.3 Å². The van der Waals surface area contributed by atoms with E-state index in [1.807, 2.05) is 0 Å². The Morgan fingerprint density at radius 2 is 1.62 bits per heavy atom. The molecule has 0 saturated heterocycles. The Balaban J connectivity index is 2.00. The molecule has 198 valence electrons. The molecular formula is C24H18ClF6NO5. The highest BCUT2D eigenvalue weighted by Gasteiger charge is 2.59. The summed E-state index contributed by atoms with van der Waals surface area (Å²) in [4.78, 5) is 24.9. The topological polar surface area (TPSA) is 99.6 Å². The fourth-order valence-corrected chi connectivity index (χ4v) is 4.10. The third-order valence-corrected chi connectivity index (χ3v) is 6.12. The summed E-state index contributed by atoms with van der Waals surface area (Å²) in [6.45, 7) is 2.34. The fourth-order valence-electron chi connectivity index (χ4n) is 3.77. The van der Waals surface area contributed by atoms with E-state index in [2.05, 4.69) is 4.98 Å². The number of hydrogen-bond donors (Lipinski definition) is 3. The number of H-pyrrole nitrogens is 1. The lowest BCUT2D eigenvalue weighted by Crippen LogP contribution is -2.47. The minimum absolute atomic E-state index is 0.0608. The molecule has 2 unspecified atom stereocenters. The van der Waals surface area contributed by atoms with Crippen molar-refractivity contribution in [2.24, 2.45) is 0 Å². The molecule has 2 atom stereocenters. The second-order valence-corrected chi connectivity index (χ2v) is 8.59. The highest BCUT2D eigenvalue weighted by molar-refractivity contribution is 6.31. The Morgan fingerprint density at radius 3 is 2.14 bits per heavy atom. The predicted octanol–water partition coefficient (Wildman–Crippen LogP) is 6.40. The van der Waals surface area contributed by atoms with Crippen molar-refractivity contribution >= 4 is 17.6 Å². The summed E-state index contributed by atoms with van der Waals surface area (Å²) in [7, 11) is 0. The number of aromatic carboxylic acids is 1. The Hall–Kier alpha value is -3.51. The van der Waals surface area contributed by atoms with Crippen LogP contribution in [0.4, 0.5) is 26.3 Å². The van der Waals surface area contributed by atoms with Crippen molar-refractivity contribution < 1.29 is 46.1 Å². The first-order chi connectivity index (χ1) is 17.0. The van der Waals surface area contributed by atoms with Crippen molar-refractivity contribution in [2.75, 3.05) is 0 Å². The summed E-state index contributed by atoms with van der Waals surface area (Å²) in [6, 6.07) is 6.33. The van der Waals surface area contributed by atoms with Gasteiger partial charge in [-0.25, -0.2) is 4.79 Å². The molecule has 3 rings (SSSR count). The van der Waals surface area contributed by atoms with Gasteiger partial charge in [-0.3, -0.25) is 4.79 Å². The maximum absolute atomic E-state index is 14.1. The van der Waals surface area contributed by atoms with E-state index in [9.17, 15) is 41.0 Å². The summed E-state index contributed by atoms with van der Waals surface area (Å²) < 4.78 is 87.5. The highest BCUT2D eigenvalue weighted by Crippen LogP contribution is 2.50. The largest absolute Gasteiger partial charge is 0.478 e. The molecule has 3 N–H and O–H groups in total. The van der Waals surface area contributed by atoms with Crippen LogP contribution in [-0.2, 0) is 11.8 Å². The second-order valence-electron chi connectivity index (χ2n) is 8.18. The number of alkyl halides is 6. The molecule has 0 radical (unpaired) electrons. The zero-order chi connectivity index (χ0) is 27.9. The average molecular weight is 550 g/mol. The van der Waals surface area contributed by atoms with E-state index in [4.69, 9.17) is 21.4 Å². The SMILES string of the molecule is Cc1cc(C(O)(C(C)c2ccc(Oc3ccc(C(=O)O)c(C(F)(F)F)c3)cc2Cl)C(F)(F)F)c[nH]c1=O. The normalized spacial score (nSPS) is 14.6. The van der Waals surface area contributed by atoms with Crippen LogP contribution in [0.1, 0.15) is 45.5 Å². The number of halogens is 7. The summed E-state index contributed by atoms with van der Waals surface area (Å²) >= 11 is 6.19. The van der Waals surface area contributed by atoms with Crippen molar-refractivity contribution in [2.45, 2.75) is 37.7 Å². The van der Waals surface area contributed by atoms with Gasteiger partial charge in [-0.05, 0) is 48.9 Å². The number of aromatic amines is 1. The Kier molecular flexibility index (Phi) is 7.39. The first-order valence-corrected chi connectivity index (χ1v) is 10.8. The summed E-state index contributed by atoms with van der Waals surface area (Å²) in [5.41, 5.74) is -7.41. The van der Waals surface area contributed by atoms with Gasteiger partial charge in [0.2, 0.25) is 0 Å². The smallest absolute Gasteiger partial charge is 0.422 e. The van der Waals surface area contributed by atoms with Gasteiger partial charge in [-0.1, -0.05) is 24.6 Å². The lowest BCUT2D eigenvalue weighted by molar-refractivity contribution is -0.274. The van der Waals surface area contributed by atoms with Gasteiger partial charge in [0.15, 0.2) is 5.60 Å². The average Bonchev–Trinajstić information content (AvgIpc) is 2.78. The molecule has 0 saturated carbocycles. The summed E-state index contributed by atoms with van der Waals surface area (Å²) in [6.07, 6.45) is -9.44. The van der Waals surface area contributed by atoms with E-state index in [1.165, 1.54) is 6.92 Å². The molecule has 2 aromatic carbocycles. The zero-order valence-electron chi connectivity index (χ0n) is 19.0. The van der Waals surface area contributed by atoms with Crippen LogP contribution in [0.5, 0.6) is 11.5 Å². The van der Waals surface area contributed by atoms with Gasteiger partial charge in [0.1, 0.15) is 11.5 Å². The Bertz CT molecular complexity index is 1400. The third-order valence-electron chi connectivity index (χ3n) is 5.79. The molecule has 1 aromatic heterocycles. The minimum Gasteiger partial charge on any atom is -0.478 e. The number of carboxylic acids is 1. The van der Waals surface area contributed by atoms with Crippen LogP contribution < -0.4 is 10.3 Å². The Labute approximate surface area is 210 Å². The fraction of sp³-hybridized carbons (Fsp3) is 0.250. The van der Waals surface area contributed by atoms with Gasteiger partial charge in [0.05, 0.1) is 11.1 Å². The van der Waals surface area contributed by atoms with E-state index in [1.54, 1.807) is 0 Å². The van der Waals surface area contributed by atoms with Crippen LogP contribution in [0.3, 0.4) is 0 Å². The molecule has 6 nitrogen and oxygen atoms in total. The third kappa shape index (κ3) is 5.44. The minimum atomic E-state index is -5.20. The number of nitrogens with one attached hydrogen (secondary N) is 1. The van der Waals surface area contributed by atoms with Crippen LogP contribution in [0.25, 0.3) is 0 Å². The van der Waals surface area contributed by atoms with E-state index < -0.39 is 57.8 Å². The van der Waals surface area contributed by atoms with Crippen LogP contribution in [0, 0.1) is 6.92 Å². The number of aryl methyl sites for hydroxylation is 1. The number of aromatic nitrogens is 1. The zero-order valence-corrected chi connectivity index (χ0v) is 19.7. The van der Waals surface area contributed by atoms with E-state index in [0.29, 0.717) is 12.1 Å². The van der Waals surface area contributed by atoms with Crippen molar-refractivity contribution in [3.8, 4) is 11.5 Å². The first-order valence-electron chi connectivity index (χ1n) is 10.4. The van der Waals surface area contributed by atoms with Crippen LogP contribution in [0.2, 0.25) is 5.02 Å². The second kappa shape index (κ2) is 9.75. The predicted molar refractivity (Wildman–Crippen MR) is 120 cm³/mol. The number of hydrogen-bond acceptors (Lipinski definition) is 4. The van der Waals surface area contributed by atoms with Gasteiger partial charge in [0, 0.05) is 28.3 Å². The van der Waals surface area contributed by atoms with Gasteiger partial charge in [-0.15, -0.1) is 0 Å². The van der Waals surface area contributed by atoms with Gasteiger partial charge in [0.25, 0.3) is 5.56 Å². The number of rotatable bonds is 6. The molecule has 13 heteroatoms. The first kappa shape index (κ1) is 28.1. The standard InChI is InChI=1S/C24H18ClF6NO5/c1-11-7-13(10-32-20(11)33)22(36,24(29,30)31)12(2)16-5-3-15(9-19(16)25)37-14-4-6-17(21(34)35)18(8-14)23(26,27)28/h3-10,12,36H,1-2H3,(H,32,33)(H,34,35). The Morgan fingerprint density at radius 1 is 1.03 bits per heavy atom. The monoisotopic (exact) mass is 549 g/mol. The molecule has 0 spiro atoms. The van der Waals surface area contributed by atoms with Gasteiger partial charge in [-0.2, -0.15) is 26.3 Å². The van der Waals surface area contributed by atoms with Crippen molar-refractivity contribution in [1.29, 1.82) is 0 Å². The quantitative estimate of drug-likeness (QED) is 0.309. The number of aliphatic hydroxyl groups is 1. The molecule has 0 aliphatic rings. The van der Waals surface area contributed by atoms with Crippen molar-refractivity contribution in [3.63, 3.8) is 0 Å². The molecule has 0 aliphatic carbocycles. The lowest BCUT2D eigenvalue weighted by Gasteiger charge is -2.37. The van der Waals surface area contributed by atoms with Crippen LogP contribution >= 0.6 is 11.6 Å². The van der Waals surface area contributed by atoms with E-state index in [-0.39, 0.29) is 21.9 Å². The molecular weight excluding hydrogens is 532 g/mol. The number of carboxylic acid groups (broad SMARTS) is 1. The number of benzene rings is 2. The molecule has 37 heavy (non-hydrogen) atoms. The summed E-state index contributed by atoms with van der Waals surface area (Å²) in [5, 5.41) is 19.6. The van der Waals surface area contributed by atoms with E-state index >= 15 is 0 Å². The number of pyridine rings is 1. The summed E-state index contributed by atoms with van der Waals surface area (Å²) in [5.74, 6) is -4.06. The van der Waals surface area contributed by atoms with Crippen LogP contribution in [0.15, 0.2) is 53.5 Å². The molecule has 0 aliphatic heterocycles. The van der Waals surface area contributed by atoms with Crippen molar-refractivity contribution in [1.82, 2.24) is 4.98 Å². The lowest BCUT2D eigenvalue weighted by atomic mass is 9.78. The van der Waals surface area contributed by atoms with Crippen molar-refractivity contribution in [3.05, 3.63) is 91.9 Å². The maximum atomic E-state index is 14.1.